The van der Waals surface area contributed by atoms with Gasteiger partial charge in [-0.1, -0.05) is 11.6 Å². The molecule has 2 aromatic rings. The molecule has 20 heavy (non-hydrogen) atoms. The molecule has 1 aromatic carbocycles. The fourth-order valence-electron chi connectivity index (χ4n) is 1.42. The summed E-state index contributed by atoms with van der Waals surface area (Å²) < 4.78 is 27.4. The molecular weight excluding hydrogens is 366 g/mol. The summed E-state index contributed by atoms with van der Waals surface area (Å²) in [5.41, 5.74) is 0.204. The van der Waals surface area contributed by atoms with Crippen LogP contribution in [0.5, 0.6) is 0 Å². The Labute approximate surface area is 129 Å². The summed E-state index contributed by atoms with van der Waals surface area (Å²) >= 11 is 9.08. The standard InChI is InChI=1S/C12H7BrClN3O2S/c13-9-2-1-5-16-12(9)17-20(18,19)11-6-8(7-15)3-4-10(11)14/h1-6H,(H,16,17). The molecule has 2 rings (SSSR count). The van der Waals surface area contributed by atoms with E-state index in [2.05, 4.69) is 25.6 Å². The maximum Gasteiger partial charge on any atom is 0.264 e. The maximum absolute atomic E-state index is 12.3. The van der Waals surface area contributed by atoms with Gasteiger partial charge >= 0.3 is 0 Å². The fourth-order valence-corrected chi connectivity index (χ4v) is 3.46. The summed E-state index contributed by atoms with van der Waals surface area (Å²) in [6, 6.07) is 9.19. The molecular formula is C12H7BrClN3O2S. The average Bonchev–Trinajstić information content (AvgIpc) is 2.41. The second kappa shape index (κ2) is 5.79. The van der Waals surface area contributed by atoms with Crippen LogP contribution < -0.4 is 4.72 Å². The third-order valence-corrected chi connectivity index (χ3v) is 4.80. The quantitative estimate of drug-likeness (QED) is 0.897. The number of sulfonamides is 1. The van der Waals surface area contributed by atoms with Gasteiger partial charge in [-0.3, -0.25) is 4.72 Å². The van der Waals surface area contributed by atoms with Crippen LogP contribution in [-0.4, -0.2) is 13.4 Å². The fraction of sp³-hybridized carbons (Fsp3) is 0. The normalized spacial score (nSPS) is 10.8. The Morgan fingerprint density at radius 3 is 2.75 bits per heavy atom. The number of halogens is 2. The molecule has 0 amide bonds. The molecule has 0 aliphatic rings. The number of aromatic nitrogens is 1. The molecule has 0 atom stereocenters. The van der Waals surface area contributed by atoms with Crippen molar-refractivity contribution in [2.24, 2.45) is 0 Å². The Morgan fingerprint density at radius 2 is 2.10 bits per heavy atom. The van der Waals surface area contributed by atoms with Gasteiger partial charge in [0.15, 0.2) is 5.82 Å². The lowest BCUT2D eigenvalue weighted by Crippen LogP contribution is -2.15. The average molecular weight is 373 g/mol. The van der Waals surface area contributed by atoms with Crippen molar-refractivity contribution in [3.8, 4) is 6.07 Å². The van der Waals surface area contributed by atoms with E-state index in [1.54, 1.807) is 12.1 Å². The van der Waals surface area contributed by atoms with E-state index in [4.69, 9.17) is 16.9 Å². The zero-order chi connectivity index (χ0) is 14.8. The van der Waals surface area contributed by atoms with E-state index in [9.17, 15) is 8.42 Å². The molecule has 0 aliphatic heterocycles. The molecule has 0 unspecified atom stereocenters. The first-order valence-electron chi connectivity index (χ1n) is 5.27. The van der Waals surface area contributed by atoms with Crippen molar-refractivity contribution >= 4 is 43.4 Å². The molecule has 1 aromatic heterocycles. The summed E-state index contributed by atoms with van der Waals surface area (Å²) in [4.78, 5) is 3.75. The van der Waals surface area contributed by atoms with Crippen LogP contribution in [-0.2, 0) is 10.0 Å². The van der Waals surface area contributed by atoms with Crippen LogP contribution >= 0.6 is 27.5 Å². The predicted octanol–water partition coefficient (Wildman–Crippen LogP) is 3.17. The van der Waals surface area contributed by atoms with Crippen LogP contribution in [0.15, 0.2) is 45.9 Å². The van der Waals surface area contributed by atoms with Gasteiger partial charge in [0.2, 0.25) is 0 Å². The zero-order valence-corrected chi connectivity index (χ0v) is 13.0. The molecule has 102 valence electrons. The zero-order valence-electron chi connectivity index (χ0n) is 9.84. The molecule has 0 bridgehead atoms. The summed E-state index contributed by atoms with van der Waals surface area (Å²) in [5.74, 6) is 0.144. The number of nitrogens with zero attached hydrogens (tertiary/aromatic N) is 2. The highest BCUT2D eigenvalue weighted by Gasteiger charge is 2.20. The SMILES string of the molecule is N#Cc1ccc(Cl)c(S(=O)(=O)Nc2ncccc2Br)c1. The molecule has 8 heteroatoms. The number of anilines is 1. The first-order valence-corrected chi connectivity index (χ1v) is 7.92. The molecule has 1 N–H and O–H groups in total. The topological polar surface area (TPSA) is 82.8 Å². The molecule has 5 nitrogen and oxygen atoms in total. The summed E-state index contributed by atoms with van der Waals surface area (Å²) in [7, 11) is -3.92. The van der Waals surface area contributed by atoms with Crippen LogP contribution in [0.3, 0.4) is 0 Å². The van der Waals surface area contributed by atoms with Crippen LogP contribution in [0, 0.1) is 11.3 Å². The summed E-state index contributed by atoms with van der Waals surface area (Å²) in [6.07, 6.45) is 1.45. The lowest BCUT2D eigenvalue weighted by Gasteiger charge is -2.10. The number of pyridine rings is 1. The van der Waals surface area contributed by atoms with Gasteiger partial charge in [-0.25, -0.2) is 13.4 Å². The number of benzene rings is 1. The Hall–Kier alpha value is -1.62. The van der Waals surface area contributed by atoms with Gasteiger partial charge in [0.25, 0.3) is 10.0 Å². The number of hydrogen-bond acceptors (Lipinski definition) is 4. The van der Waals surface area contributed by atoms with Crippen LogP contribution in [0.2, 0.25) is 5.02 Å². The monoisotopic (exact) mass is 371 g/mol. The van der Waals surface area contributed by atoms with E-state index in [0.717, 1.165) is 0 Å². The molecule has 0 fully saturated rings. The third-order valence-electron chi connectivity index (χ3n) is 2.34. The molecule has 0 saturated heterocycles. The van der Waals surface area contributed by atoms with Gasteiger partial charge in [0.05, 0.1) is 21.1 Å². The third kappa shape index (κ3) is 3.10. The lowest BCUT2D eigenvalue weighted by atomic mass is 10.2. The van der Waals surface area contributed by atoms with Crippen molar-refractivity contribution in [1.29, 1.82) is 5.26 Å². The number of rotatable bonds is 3. The van der Waals surface area contributed by atoms with Crippen LogP contribution in [0.4, 0.5) is 5.82 Å². The molecule has 0 spiro atoms. The van der Waals surface area contributed by atoms with Crippen molar-refractivity contribution in [2.75, 3.05) is 4.72 Å². The second-order valence-electron chi connectivity index (χ2n) is 3.70. The van der Waals surface area contributed by atoms with Gasteiger partial charge in [0, 0.05) is 6.20 Å². The maximum atomic E-state index is 12.3. The highest BCUT2D eigenvalue weighted by Crippen LogP contribution is 2.26. The minimum absolute atomic E-state index is 0.0311. The molecule has 0 saturated carbocycles. The van der Waals surface area contributed by atoms with E-state index in [-0.39, 0.29) is 21.3 Å². The van der Waals surface area contributed by atoms with E-state index in [0.29, 0.717) is 4.47 Å². The Kier molecular flexibility index (Phi) is 4.28. The van der Waals surface area contributed by atoms with Crippen molar-refractivity contribution < 1.29 is 8.42 Å². The van der Waals surface area contributed by atoms with Gasteiger partial charge in [-0.05, 0) is 46.3 Å². The summed E-state index contributed by atoms with van der Waals surface area (Å²) in [5, 5.41) is 8.86. The first-order chi connectivity index (χ1) is 9.44. The number of hydrogen-bond donors (Lipinski definition) is 1. The minimum atomic E-state index is -3.92. The Balaban J connectivity index is 2.47. The van der Waals surface area contributed by atoms with Crippen LogP contribution in [0.1, 0.15) is 5.56 Å². The first kappa shape index (κ1) is 14.8. The van der Waals surface area contributed by atoms with Crippen molar-refractivity contribution in [1.82, 2.24) is 4.98 Å². The van der Waals surface area contributed by atoms with Gasteiger partial charge in [0.1, 0.15) is 4.90 Å². The van der Waals surface area contributed by atoms with Crippen LogP contribution in [0.25, 0.3) is 0 Å². The lowest BCUT2D eigenvalue weighted by molar-refractivity contribution is 0.601. The predicted molar refractivity (Wildman–Crippen MR) is 78.9 cm³/mol. The smallest absolute Gasteiger partial charge is 0.262 e. The second-order valence-corrected chi connectivity index (χ2v) is 6.61. The highest BCUT2D eigenvalue weighted by atomic mass is 79.9. The highest BCUT2D eigenvalue weighted by molar-refractivity contribution is 9.10. The van der Waals surface area contributed by atoms with Gasteiger partial charge in [-0.15, -0.1) is 0 Å². The van der Waals surface area contributed by atoms with E-state index >= 15 is 0 Å². The minimum Gasteiger partial charge on any atom is -0.262 e. The molecule has 0 aliphatic carbocycles. The number of nitrogens with one attached hydrogen (secondary N) is 1. The van der Waals surface area contributed by atoms with E-state index < -0.39 is 10.0 Å². The van der Waals surface area contributed by atoms with Crippen molar-refractivity contribution in [2.45, 2.75) is 4.90 Å². The Morgan fingerprint density at radius 1 is 1.35 bits per heavy atom. The van der Waals surface area contributed by atoms with E-state index in [1.807, 2.05) is 6.07 Å². The largest absolute Gasteiger partial charge is 0.264 e. The molecule has 1 heterocycles. The summed E-state index contributed by atoms with van der Waals surface area (Å²) in [6.45, 7) is 0. The van der Waals surface area contributed by atoms with E-state index in [1.165, 1.54) is 24.4 Å². The Bertz CT molecular complexity index is 803. The van der Waals surface area contributed by atoms with Gasteiger partial charge in [-0.2, -0.15) is 5.26 Å². The number of nitriles is 1. The molecule has 0 radical (unpaired) electrons. The van der Waals surface area contributed by atoms with Crippen molar-refractivity contribution in [3.05, 3.63) is 51.6 Å². The van der Waals surface area contributed by atoms with Gasteiger partial charge < -0.3 is 0 Å². The van der Waals surface area contributed by atoms with Crippen molar-refractivity contribution in [3.63, 3.8) is 0 Å².